The van der Waals surface area contributed by atoms with Crippen molar-refractivity contribution in [3.8, 4) is 11.3 Å². The van der Waals surface area contributed by atoms with E-state index >= 15 is 0 Å². The van der Waals surface area contributed by atoms with Gasteiger partial charge in [0, 0.05) is 67.8 Å². The molecule has 1 aliphatic carbocycles. The lowest BCUT2D eigenvalue weighted by Gasteiger charge is -2.30. The molecule has 1 atom stereocenters. The van der Waals surface area contributed by atoms with Crippen LogP contribution in [0.4, 0.5) is 5.69 Å². The number of carbonyl (C=O) groups excluding carboxylic acids is 3. The molecular formula is C46H62N3O18S3+. The molecule has 3 aliphatic heterocycles. The van der Waals surface area contributed by atoms with Crippen LogP contribution in [0.1, 0.15) is 75.8 Å². The molecule has 1 aromatic rings. The number of hydroxylamine groups is 2. The Kier molecular flexibility index (Phi) is 20.8. The van der Waals surface area contributed by atoms with E-state index in [2.05, 4.69) is 0 Å². The van der Waals surface area contributed by atoms with Crippen LogP contribution >= 0.6 is 0 Å². The van der Waals surface area contributed by atoms with Crippen molar-refractivity contribution in [1.29, 1.82) is 0 Å². The second kappa shape index (κ2) is 26.0. The Morgan fingerprint density at radius 1 is 0.786 bits per heavy atom. The van der Waals surface area contributed by atoms with Crippen molar-refractivity contribution in [2.75, 3.05) is 89.4 Å². The van der Waals surface area contributed by atoms with Gasteiger partial charge in [-0.3, -0.25) is 23.2 Å². The second-order valence-corrected chi connectivity index (χ2v) is 21.4. The Bertz CT molecular complexity index is 2720. The number of hydrogen-bond donors (Lipinski definition) is 3. The third kappa shape index (κ3) is 16.9. The van der Waals surface area contributed by atoms with Crippen molar-refractivity contribution in [3.63, 3.8) is 0 Å². The molecule has 2 amide bonds. The van der Waals surface area contributed by atoms with Crippen LogP contribution < -0.4 is 14.8 Å². The monoisotopic (exact) mass is 1040 g/mol. The zero-order valence-electron chi connectivity index (χ0n) is 39.2. The van der Waals surface area contributed by atoms with Gasteiger partial charge >= 0.3 is 5.97 Å². The summed E-state index contributed by atoms with van der Waals surface area (Å²) >= 11 is 0. The molecule has 0 bridgehead atoms. The Morgan fingerprint density at radius 2 is 1.44 bits per heavy atom. The molecule has 24 heteroatoms. The SMILES string of the molecule is COCCOCCOCCOCC[N+](CCCS(=O)(=O)O)=c1ccc2c(/C=C/C=C3/N(CCCCCC(=O)ON4C(=O)CCC4=O)c4ccc(S(=O)(=O)O)cc4C3(C)CCCS(=O)(=O)O)ccoc-2c1. The van der Waals surface area contributed by atoms with E-state index in [0.29, 0.717) is 112 Å². The van der Waals surface area contributed by atoms with Gasteiger partial charge in [0.2, 0.25) is 5.36 Å². The molecule has 0 aromatic heterocycles. The molecule has 1 saturated heterocycles. The highest BCUT2D eigenvalue weighted by atomic mass is 32.2. The third-order valence-electron chi connectivity index (χ3n) is 11.7. The number of unbranched alkanes of at least 4 members (excludes halogenated alkanes) is 2. The molecule has 386 valence electrons. The lowest BCUT2D eigenvalue weighted by atomic mass is 9.77. The van der Waals surface area contributed by atoms with Gasteiger partial charge in [-0.05, 0) is 80.1 Å². The maximum absolute atomic E-state index is 12.5. The number of imide groups is 1. The number of anilines is 1. The fraction of sp³-hybridized carbons (Fsp3) is 0.522. The molecule has 1 fully saturated rings. The first-order valence-electron chi connectivity index (χ1n) is 22.8. The lowest BCUT2D eigenvalue weighted by Crippen LogP contribution is -2.35. The maximum atomic E-state index is 12.5. The van der Waals surface area contributed by atoms with Crippen LogP contribution in [-0.4, -0.2) is 146 Å². The van der Waals surface area contributed by atoms with Crippen molar-refractivity contribution in [2.45, 2.75) is 75.0 Å². The molecule has 0 spiro atoms. The standard InChI is InChI=1S/C46H61N3O18S3/c1-46(19-7-31-68(53,54)55)39-34-37(70(59,60)61)13-15-40(39)48(21-5-3-4-11-45(52)67-49-43(50)16-17-44(49)51)42(46)10-6-9-35-18-23-66-41-33-36(12-14-38(35)41)47(20-8-32-69(56,57)58)22-24-63-27-28-65-30-29-64-26-25-62-2/h6,9-10,12-15,18,23,33-34H,3-5,7-8,11,16-17,19-22,24-32H2,1-2H3,(H2-,53,54,55,56,57,58,59,60,61)/p+1. The molecule has 4 aliphatic rings. The number of rotatable bonds is 30. The van der Waals surface area contributed by atoms with Crippen LogP contribution in [0.5, 0.6) is 0 Å². The van der Waals surface area contributed by atoms with Gasteiger partial charge in [-0.2, -0.15) is 25.3 Å². The highest BCUT2D eigenvalue weighted by molar-refractivity contribution is 7.86. The smallest absolute Gasteiger partial charge is 0.333 e. The molecule has 0 radical (unpaired) electrons. The molecule has 5 rings (SSSR count). The van der Waals surface area contributed by atoms with Crippen LogP contribution in [0.3, 0.4) is 0 Å². The molecule has 3 heterocycles. The van der Waals surface area contributed by atoms with Crippen molar-refractivity contribution in [2.24, 2.45) is 0 Å². The van der Waals surface area contributed by atoms with E-state index in [-0.39, 0.29) is 50.0 Å². The molecule has 3 N–H and O–H groups in total. The van der Waals surface area contributed by atoms with Crippen LogP contribution in [0.2, 0.25) is 0 Å². The number of methoxy groups -OCH3 is 1. The van der Waals surface area contributed by atoms with Gasteiger partial charge in [-0.1, -0.05) is 18.6 Å². The normalized spacial score (nSPS) is 17.6. The van der Waals surface area contributed by atoms with E-state index in [0.717, 1.165) is 11.1 Å². The summed E-state index contributed by atoms with van der Waals surface area (Å²) in [7, 11) is -11.6. The summed E-state index contributed by atoms with van der Waals surface area (Å²) in [6.07, 6.45) is 8.49. The maximum Gasteiger partial charge on any atom is 0.333 e. The summed E-state index contributed by atoms with van der Waals surface area (Å²) in [6.45, 7) is 5.58. The van der Waals surface area contributed by atoms with Gasteiger partial charge in [-0.25, -0.2) is 9.37 Å². The van der Waals surface area contributed by atoms with Gasteiger partial charge < -0.3 is 33.1 Å². The van der Waals surface area contributed by atoms with Crippen LogP contribution in [0.15, 0.2) is 75.9 Å². The predicted molar refractivity (Wildman–Crippen MR) is 255 cm³/mol. The minimum atomic E-state index is -4.65. The van der Waals surface area contributed by atoms with Crippen molar-refractivity contribution in [1.82, 2.24) is 9.64 Å². The van der Waals surface area contributed by atoms with E-state index < -0.39 is 65.1 Å². The summed E-state index contributed by atoms with van der Waals surface area (Å²) in [5.74, 6) is -2.37. The molecule has 1 aromatic carbocycles. The van der Waals surface area contributed by atoms with Gasteiger partial charge in [0.25, 0.3) is 42.2 Å². The minimum Gasteiger partial charge on any atom is -0.464 e. The number of carbonyl (C=O) groups is 3. The number of amides is 2. The largest absolute Gasteiger partial charge is 0.464 e. The quantitative estimate of drug-likeness (QED) is 0.0369. The van der Waals surface area contributed by atoms with Gasteiger partial charge in [-0.15, -0.1) is 5.06 Å². The fourth-order valence-corrected chi connectivity index (χ4v) is 9.70. The summed E-state index contributed by atoms with van der Waals surface area (Å²) < 4.78 is 130. The van der Waals surface area contributed by atoms with E-state index in [4.69, 9.17) is 28.2 Å². The first kappa shape index (κ1) is 56.0. The van der Waals surface area contributed by atoms with Gasteiger partial charge in [0.15, 0.2) is 6.54 Å². The lowest BCUT2D eigenvalue weighted by molar-refractivity contribution is -0.197. The van der Waals surface area contributed by atoms with E-state index in [1.807, 2.05) is 46.8 Å². The number of benzene rings is 2. The van der Waals surface area contributed by atoms with Crippen molar-refractivity contribution >= 4 is 59.9 Å². The number of allylic oxidation sites excluding steroid dienone is 3. The third-order valence-corrected chi connectivity index (χ3v) is 14.1. The molecular weight excluding hydrogens is 979 g/mol. The number of nitrogens with zero attached hydrogens (tertiary/aromatic N) is 3. The predicted octanol–water partition coefficient (Wildman–Crippen LogP) is 3.89. The Hall–Kier alpha value is -4.89. The Balaban J connectivity index is 1.39. The summed E-state index contributed by atoms with van der Waals surface area (Å²) in [5.41, 5.74) is 2.17. The zero-order chi connectivity index (χ0) is 51.0. The average Bonchev–Trinajstić information content (AvgIpc) is 3.72. The minimum absolute atomic E-state index is 0.00367. The van der Waals surface area contributed by atoms with Gasteiger partial charge in [0.05, 0.1) is 68.4 Å². The first-order chi connectivity index (χ1) is 33.2. The first-order valence-corrected chi connectivity index (χ1v) is 27.4. The van der Waals surface area contributed by atoms with Crippen LogP contribution in [0.25, 0.3) is 17.4 Å². The summed E-state index contributed by atoms with van der Waals surface area (Å²) in [6, 6.07) is 11.5. The van der Waals surface area contributed by atoms with Crippen molar-refractivity contribution in [3.05, 3.63) is 83.1 Å². The van der Waals surface area contributed by atoms with E-state index in [1.165, 1.54) is 18.4 Å². The summed E-state index contributed by atoms with van der Waals surface area (Å²) in [4.78, 5) is 42.8. The highest BCUT2D eigenvalue weighted by Gasteiger charge is 2.44. The number of ether oxygens (including phenoxy) is 4. The summed E-state index contributed by atoms with van der Waals surface area (Å²) in [5, 5.41) is 1.21. The van der Waals surface area contributed by atoms with Crippen molar-refractivity contribution < 1.29 is 81.5 Å². The van der Waals surface area contributed by atoms with Crippen LogP contribution in [0, 0.1) is 0 Å². The van der Waals surface area contributed by atoms with E-state index in [9.17, 15) is 53.3 Å². The molecule has 1 unspecified atom stereocenters. The zero-order valence-corrected chi connectivity index (χ0v) is 41.7. The molecule has 21 nitrogen and oxygen atoms in total. The average molecular weight is 1040 g/mol. The molecule has 0 saturated carbocycles. The Labute approximate surface area is 408 Å². The highest BCUT2D eigenvalue weighted by Crippen LogP contribution is 2.51. The van der Waals surface area contributed by atoms with Gasteiger partial charge in [0.1, 0.15) is 18.9 Å². The van der Waals surface area contributed by atoms with E-state index in [1.54, 1.807) is 25.3 Å². The Morgan fingerprint density at radius 3 is 2.10 bits per heavy atom. The second-order valence-electron chi connectivity index (χ2n) is 16.8. The van der Waals surface area contributed by atoms with Crippen LogP contribution in [-0.2, 0) is 73.9 Å². The topological polar surface area (TPSA) is 283 Å². The number of fused-ring (bicyclic) bond motifs is 2. The fourth-order valence-electron chi connectivity index (χ4n) is 8.19. The number of hydrogen-bond acceptors (Lipinski definition) is 16. The molecule has 70 heavy (non-hydrogen) atoms.